The van der Waals surface area contributed by atoms with E-state index in [9.17, 15) is 14.4 Å². The normalized spacial score (nSPS) is 18.3. The van der Waals surface area contributed by atoms with Crippen molar-refractivity contribution in [1.82, 2.24) is 5.32 Å². The van der Waals surface area contributed by atoms with Crippen LogP contribution in [0.25, 0.3) is 11.6 Å². The quantitative estimate of drug-likeness (QED) is 0.510. The Kier molecular flexibility index (Phi) is 6.15. The zero-order valence-corrected chi connectivity index (χ0v) is 20.8. The Bertz CT molecular complexity index is 1290. The maximum atomic E-state index is 13.4. The predicted octanol–water partition coefficient (Wildman–Crippen LogP) is 4.39. The Balaban J connectivity index is 1.79. The largest absolute Gasteiger partial charge is 0.496 e. The SMILES string of the molecule is CCOc1cccc(N2C(=O)NC(=O)/C(=C/c3cc4c(cc3OC)N(C)C(C)(C)C=C4C)C2=O)c1. The van der Waals surface area contributed by atoms with Crippen molar-refractivity contribution in [2.45, 2.75) is 33.2 Å². The van der Waals surface area contributed by atoms with Gasteiger partial charge in [-0.3, -0.25) is 14.9 Å². The number of imide groups is 2. The average molecular weight is 476 g/mol. The molecule has 1 fully saturated rings. The van der Waals surface area contributed by atoms with Gasteiger partial charge in [-0.15, -0.1) is 0 Å². The number of benzene rings is 2. The molecule has 1 saturated heterocycles. The van der Waals surface area contributed by atoms with E-state index < -0.39 is 17.8 Å². The second kappa shape index (κ2) is 8.94. The van der Waals surface area contributed by atoms with Crippen molar-refractivity contribution in [3.63, 3.8) is 0 Å². The summed E-state index contributed by atoms with van der Waals surface area (Å²) in [6.07, 6.45) is 3.64. The highest BCUT2D eigenvalue weighted by Gasteiger charge is 2.37. The van der Waals surface area contributed by atoms with Crippen molar-refractivity contribution in [3.05, 3.63) is 59.2 Å². The molecule has 4 amide bonds. The van der Waals surface area contributed by atoms with Gasteiger partial charge in [0.1, 0.15) is 17.1 Å². The number of ether oxygens (including phenoxy) is 2. The van der Waals surface area contributed by atoms with Gasteiger partial charge >= 0.3 is 6.03 Å². The van der Waals surface area contributed by atoms with Crippen LogP contribution in [0.4, 0.5) is 16.2 Å². The maximum absolute atomic E-state index is 13.4. The monoisotopic (exact) mass is 475 g/mol. The first kappa shape index (κ1) is 24.1. The molecule has 0 radical (unpaired) electrons. The molecule has 2 aromatic rings. The van der Waals surface area contributed by atoms with Crippen molar-refractivity contribution < 1.29 is 23.9 Å². The number of rotatable bonds is 5. The molecule has 2 aliphatic heterocycles. The third-order valence-electron chi connectivity index (χ3n) is 6.36. The minimum Gasteiger partial charge on any atom is -0.496 e. The number of urea groups is 1. The molecule has 2 heterocycles. The van der Waals surface area contributed by atoms with Crippen LogP contribution < -0.4 is 24.6 Å². The van der Waals surface area contributed by atoms with E-state index in [1.807, 2.05) is 33.0 Å². The fourth-order valence-corrected chi connectivity index (χ4v) is 4.41. The molecule has 4 rings (SSSR count). The number of anilines is 2. The molecule has 2 aromatic carbocycles. The number of nitrogens with one attached hydrogen (secondary N) is 1. The van der Waals surface area contributed by atoms with Gasteiger partial charge in [-0.05, 0) is 57.5 Å². The van der Waals surface area contributed by atoms with Crippen LogP contribution in [0.3, 0.4) is 0 Å². The van der Waals surface area contributed by atoms with E-state index in [0.717, 1.165) is 21.7 Å². The van der Waals surface area contributed by atoms with Gasteiger partial charge in [0.05, 0.1) is 24.9 Å². The lowest BCUT2D eigenvalue weighted by atomic mass is 9.88. The minimum atomic E-state index is -0.814. The number of allylic oxidation sites excluding steroid dienone is 1. The minimum absolute atomic E-state index is 0.171. The van der Waals surface area contributed by atoms with Crippen molar-refractivity contribution in [2.75, 3.05) is 30.6 Å². The number of methoxy groups -OCH3 is 1. The molecule has 0 atom stereocenters. The van der Waals surface area contributed by atoms with E-state index in [4.69, 9.17) is 9.47 Å². The summed E-state index contributed by atoms with van der Waals surface area (Å²) < 4.78 is 11.1. The first-order chi connectivity index (χ1) is 16.6. The van der Waals surface area contributed by atoms with Gasteiger partial charge in [0, 0.05) is 36.0 Å². The van der Waals surface area contributed by atoms with Gasteiger partial charge in [0.15, 0.2) is 0 Å². The first-order valence-electron chi connectivity index (χ1n) is 11.4. The Morgan fingerprint density at radius 2 is 1.86 bits per heavy atom. The third kappa shape index (κ3) is 4.27. The summed E-state index contributed by atoms with van der Waals surface area (Å²) in [5, 5.41) is 2.26. The molecule has 2 aliphatic rings. The summed E-state index contributed by atoms with van der Waals surface area (Å²) in [5.41, 5.74) is 3.54. The second-order valence-corrected chi connectivity index (χ2v) is 9.04. The van der Waals surface area contributed by atoms with Gasteiger partial charge in [0.2, 0.25) is 0 Å². The topological polar surface area (TPSA) is 88.2 Å². The van der Waals surface area contributed by atoms with Crippen LogP contribution >= 0.6 is 0 Å². The van der Waals surface area contributed by atoms with Crippen LogP contribution in [0.2, 0.25) is 0 Å². The number of likely N-dealkylation sites (N-methyl/N-ethyl adjacent to an activating group) is 1. The molecular formula is C27H29N3O5. The Morgan fingerprint density at radius 1 is 1.11 bits per heavy atom. The van der Waals surface area contributed by atoms with Crippen molar-refractivity contribution in [2.24, 2.45) is 0 Å². The van der Waals surface area contributed by atoms with Crippen LogP contribution in [-0.2, 0) is 9.59 Å². The Labute approximate surface area is 204 Å². The van der Waals surface area contributed by atoms with Crippen LogP contribution in [0.1, 0.15) is 38.8 Å². The summed E-state index contributed by atoms with van der Waals surface area (Å²) in [5.74, 6) is -0.463. The van der Waals surface area contributed by atoms with Gasteiger partial charge in [-0.25, -0.2) is 9.69 Å². The maximum Gasteiger partial charge on any atom is 0.335 e. The molecule has 35 heavy (non-hydrogen) atoms. The van der Waals surface area contributed by atoms with E-state index in [1.165, 1.54) is 13.2 Å². The number of carbonyl (C=O) groups excluding carboxylic acids is 3. The van der Waals surface area contributed by atoms with Crippen LogP contribution in [0.5, 0.6) is 11.5 Å². The first-order valence-corrected chi connectivity index (χ1v) is 11.4. The van der Waals surface area contributed by atoms with Crippen LogP contribution in [0.15, 0.2) is 48.0 Å². The molecular weight excluding hydrogens is 446 g/mol. The van der Waals surface area contributed by atoms with E-state index in [-0.39, 0.29) is 11.1 Å². The zero-order valence-electron chi connectivity index (χ0n) is 20.8. The molecule has 0 aliphatic carbocycles. The summed E-state index contributed by atoms with van der Waals surface area (Å²) in [4.78, 5) is 41.8. The Morgan fingerprint density at radius 3 is 2.54 bits per heavy atom. The number of hydrogen-bond acceptors (Lipinski definition) is 6. The summed E-state index contributed by atoms with van der Waals surface area (Å²) in [6.45, 7) is 8.55. The van der Waals surface area contributed by atoms with Crippen molar-refractivity contribution in [1.29, 1.82) is 0 Å². The van der Waals surface area contributed by atoms with Gasteiger partial charge < -0.3 is 14.4 Å². The van der Waals surface area contributed by atoms with E-state index in [2.05, 4.69) is 30.1 Å². The number of nitrogens with zero attached hydrogens (tertiary/aromatic N) is 2. The fourth-order valence-electron chi connectivity index (χ4n) is 4.41. The molecule has 0 spiro atoms. The summed E-state index contributed by atoms with van der Waals surface area (Å²) in [7, 11) is 3.55. The lowest BCUT2D eigenvalue weighted by Gasteiger charge is -2.41. The van der Waals surface area contributed by atoms with Crippen molar-refractivity contribution in [3.8, 4) is 11.5 Å². The highest BCUT2D eigenvalue weighted by Crippen LogP contribution is 2.42. The molecule has 8 nitrogen and oxygen atoms in total. The number of amides is 4. The van der Waals surface area contributed by atoms with E-state index in [1.54, 1.807) is 24.3 Å². The number of barbiturate groups is 1. The fraction of sp³-hybridized carbons (Fsp3) is 0.296. The van der Waals surface area contributed by atoms with Crippen LogP contribution in [0, 0.1) is 0 Å². The summed E-state index contributed by atoms with van der Waals surface area (Å²) >= 11 is 0. The molecule has 0 unspecified atom stereocenters. The smallest absolute Gasteiger partial charge is 0.335 e. The average Bonchev–Trinajstić information content (AvgIpc) is 2.80. The van der Waals surface area contributed by atoms with E-state index in [0.29, 0.717) is 29.4 Å². The lowest BCUT2D eigenvalue weighted by Crippen LogP contribution is -2.54. The standard InChI is InChI=1S/C27H29N3O5/c1-7-35-19-10-8-9-18(13-19)30-25(32)21(24(31)28-26(30)33)12-17-11-20-16(2)15-27(3,4)29(5)22(20)14-23(17)34-6/h8-15H,7H2,1-6H3,(H,28,31,33)/b21-12-. The van der Waals surface area contributed by atoms with E-state index >= 15 is 0 Å². The molecule has 0 aromatic heterocycles. The lowest BCUT2D eigenvalue weighted by molar-refractivity contribution is -0.122. The van der Waals surface area contributed by atoms with Gasteiger partial charge in [-0.2, -0.15) is 0 Å². The van der Waals surface area contributed by atoms with Gasteiger partial charge in [0.25, 0.3) is 11.8 Å². The van der Waals surface area contributed by atoms with Gasteiger partial charge in [-0.1, -0.05) is 12.1 Å². The zero-order chi connectivity index (χ0) is 25.5. The molecule has 0 saturated carbocycles. The Hall–Kier alpha value is -4.07. The molecule has 1 N–H and O–H groups in total. The predicted molar refractivity (Wildman–Crippen MR) is 136 cm³/mol. The molecule has 8 heteroatoms. The number of fused-ring (bicyclic) bond motifs is 1. The molecule has 0 bridgehead atoms. The highest BCUT2D eigenvalue weighted by atomic mass is 16.5. The highest BCUT2D eigenvalue weighted by molar-refractivity contribution is 6.39. The number of hydrogen-bond donors (Lipinski definition) is 1. The third-order valence-corrected chi connectivity index (χ3v) is 6.36. The summed E-state index contributed by atoms with van der Waals surface area (Å²) in [6, 6.07) is 9.59. The van der Waals surface area contributed by atoms with Crippen molar-refractivity contribution >= 4 is 40.9 Å². The molecule has 182 valence electrons. The second-order valence-electron chi connectivity index (χ2n) is 9.04. The van der Waals surface area contributed by atoms with Crippen LogP contribution in [-0.4, -0.2) is 44.1 Å². The number of carbonyl (C=O) groups is 3.